The summed E-state index contributed by atoms with van der Waals surface area (Å²) in [6, 6.07) is 10.8. The average Bonchev–Trinajstić information content (AvgIpc) is 3.25. The second kappa shape index (κ2) is 7.50. The average molecular weight is 373 g/mol. The number of quaternary nitrogens is 1. The van der Waals surface area contributed by atoms with E-state index in [1.807, 2.05) is 0 Å². The van der Waals surface area contributed by atoms with E-state index < -0.39 is 0 Å². The van der Waals surface area contributed by atoms with Gasteiger partial charge in [0.2, 0.25) is 0 Å². The van der Waals surface area contributed by atoms with E-state index in [1.165, 1.54) is 44.3 Å². The van der Waals surface area contributed by atoms with E-state index in [2.05, 4.69) is 51.1 Å². The summed E-state index contributed by atoms with van der Waals surface area (Å²) in [6.45, 7) is 12.0. The number of hydrogen-bond donors (Lipinski definition) is 1. The van der Waals surface area contributed by atoms with Gasteiger partial charge in [0.15, 0.2) is 0 Å². The number of aliphatic hydroxyl groups is 1. The van der Waals surface area contributed by atoms with Gasteiger partial charge in [-0.1, -0.05) is 51.1 Å². The molecule has 2 saturated carbocycles. The second-order valence-corrected chi connectivity index (χ2v) is 10.2. The maximum absolute atomic E-state index is 10.9. The van der Waals surface area contributed by atoms with Gasteiger partial charge in [0.25, 0.3) is 0 Å². The zero-order valence-electron chi connectivity index (χ0n) is 17.4. The van der Waals surface area contributed by atoms with Crippen molar-refractivity contribution >= 4 is 0 Å². The molecule has 3 fully saturated rings. The number of aliphatic hydroxyl groups excluding tert-OH is 1. The van der Waals surface area contributed by atoms with Crippen LogP contribution in [0.15, 0.2) is 30.3 Å². The lowest BCUT2D eigenvalue weighted by atomic mass is 9.80. The van der Waals surface area contributed by atoms with E-state index in [1.54, 1.807) is 0 Å². The fourth-order valence-corrected chi connectivity index (χ4v) is 6.87. The molecule has 27 heavy (non-hydrogen) atoms. The first kappa shape index (κ1) is 19.4. The number of likely N-dealkylation sites (tertiary alicyclic amines) is 1. The highest BCUT2D eigenvalue weighted by molar-refractivity contribution is 5.13. The minimum atomic E-state index is -0.360. The van der Waals surface area contributed by atoms with Crippen LogP contribution >= 0.6 is 0 Å². The zero-order chi connectivity index (χ0) is 19.1. The van der Waals surface area contributed by atoms with Crippen molar-refractivity contribution in [2.75, 3.05) is 26.2 Å². The molecule has 5 atom stereocenters. The van der Waals surface area contributed by atoms with E-state index in [0.717, 1.165) is 23.5 Å². The third-order valence-electron chi connectivity index (χ3n) is 8.20. The number of rotatable bonds is 7. The molecule has 0 aromatic heterocycles. The third kappa shape index (κ3) is 3.71. The van der Waals surface area contributed by atoms with Crippen LogP contribution in [0.4, 0.5) is 0 Å². The van der Waals surface area contributed by atoms with E-state index in [0.29, 0.717) is 30.0 Å². The molecule has 3 nitrogen and oxygen atoms in total. The summed E-state index contributed by atoms with van der Waals surface area (Å²) in [5.41, 5.74) is 1.79. The third-order valence-corrected chi connectivity index (χ3v) is 8.20. The normalized spacial score (nSPS) is 34.8. The Morgan fingerprint density at radius 1 is 1.11 bits per heavy atom. The van der Waals surface area contributed by atoms with Crippen LogP contribution in [0.5, 0.6) is 0 Å². The predicted molar refractivity (Wildman–Crippen MR) is 109 cm³/mol. The highest BCUT2D eigenvalue weighted by atomic mass is 16.5. The SMILES string of the molecule is C[C@@H]1[C@H](OC[C@H](O)C[N+]2(Cc3ccccc3)CCCC2)[C@H]2CC[C@H]1C2(C)C. The van der Waals surface area contributed by atoms with Gasteiger partial charge >= 0.3 is 0 Å². The minimum absolute atomic E-state index is 0.342. The van der Waals surface area contributed by atoms with Gasteiger partial charge in [-0.3, -0.25) is 0 Å². The summed E-state index contributed by atoms with van der Waals surface area (Å²) < 4.78 is 7.41. The summed E-state index contributed by atoms with van der Waals surface area (Å²) in [5, 5.41) is 10.9. The fourth-order valence-electron chi connectivity index (χ4n) is 6.87. The Bertz CT molecular complexity index is 623. The molecule has 1 aromatic carbocycles. The van der Waals surface area contributed by atoms with Gasteiger partial charge < -0.3 is 14.3 Å². The molecule has 3 heteroatoms. The lowest BCUT2D eigenvalue weighted by Crippen LogP contribution is -2.50. The van der Waals surface area contributed by atoms with E-state index in [4.69, 9.17) is 4.74 Å². The Kier molecular flexibility index (Phi) is 5.39. The molecular formula is C24H38NO2+. The van der Waals surface area contributed by atoms with E-state index >= 15 is 0 Å². The Labute approximate surface area is 165 Å². The summed E-state index contributed by atoms with van der Waals surface area (Å²) >= 11 is 0. The van der Waals surface area contributed by atoms with E-state index in [9.17, 15) is 5.11 Å². The molecule has 1 aliphatic heterocycles. The Morgan fingerprint density at radius 3 is 2.41 bits per heavy atom. The molecule has 0 radical (unpaired) electrons. The summed E-state index contributed by atoms with van der Waals surface area (Å²) in [7, 11) is 0. The summed E-state index contributed by atoms with van der Waals surface area (Å²) in [5.74, 6) is 2.09. The first-order chi connectivity index (χ1) is 12.9. The van der Waals surface area contributed by atoms with Crippen molar-refractivity contribution in [3.63, 3.8) is 0 Å². The van der Waals surface area contributed by atoms with E-state index in [-0.39, 0.29) is 6.10 Å². The summed E-state index contributed by atoms with van der Waals surface area (Å²) in [4.78, 5) is 0. The van der Waals surface area contributed by atoms with Crippen LogP contribution < -0.4 is 0 Å². The second-order valence-electron chi connectivity index (χ2n) is 10.2. The Hall–Kier alpha value is -0.900. The highest BCUT2D eigenvalue weighted by Gasteiger charge is 2.58. The maximum Gasteiger partial charge on any atom is 0.126 e. The van der Waals surface area contributed by atoms with Crippen LogP contribution in [-0.4, -0.2) is 48.0 Å². The van der Waals surface area contributed by atoms with Crippen molar-refractivity contribution in [2.24, 2.45) is 23.2 Å². The molecule has 0 spiro atoms. The number of fused-ring (bicyclic) bond motifs is 2. The van der Waals surface area contributed by atoms with Crippen LogP contribution in [0.2, 0.25) is 0 Å². The topological polar surface area (TPSA) is 29.5 Å². The van der Waals surface area contributed by atoms with Gasteiger partial charge in [0.1, 0.15) is 19.2 Å². The first-order valence-electron chi connectivity index (χ1n) is 11.1. The van der Waals surface area contributed by atoms with Crippen LogP contribution in [0.1, 0.15) is 52.0 Å². The smallest absolute Gasteiger partial charge is 0.126 e. The van der Waals surface area contributed by atoms with Crippen LogP contribution in [0, 0.1) is 23.2 Å². The Morgan fingerprint density at radius 2 is 1.78 bits per heavy atom. The molecule has 1 saturated heterocycles. The predicted octanol–water partition coefficient (Wildman–Crippen LogP) is 4.25. The molecule has 150 valence electrons. The van der Waals surface area contributed by atoms with Crippen molar-refractivity contribution in [1.82, 2.24) is 0 Å². The molecule has 0 amide bonds. The molecule has 1 heterocycles. The van der Waals surface area contributed by atoms with Crippen molar-refractivity contribution in [2.45, 2.75) is 65.2 Å². The van der Waals surface area contributed by atoms with Gasteiger partial charge in [-0.15, -0.1) is 0 Å². The summed E-state index contributed by atoms with van der Waals surface area (Å²) in [6.07, 6.45) is 5.20. The molecule has 0 unspecified atom stereocenters. The lowest BCUT2D eigenvalue weighted by Gasteiger charge is -2.37. The van der Waals surface area contributed by atoms with Gasteiger partial charge in [0, 0.05) is 18.4 Å². The maximum atomic E-state index is 10.9. The zero-order valence-corrected chi connectivity index (χ0v) is 17.4. The van der Waals surface area contributed by atoms with Crippen molar-refractivity contribution < 1.29 is 14.3 Å². The van der Waals surface area contributed by atoms with Crippen LogP contribution in [-0.2, 0) is 11.3 Å². The largest absolute Gasteiger partial charge is 0.385 e. The van der Waals surface area contributed by atoms with Crippen molar-refractivity contribution in [3.05, 3.63) is 35.9 Å². The van der Waals surface area contributed by atoms with Gasteiger partial charge in [-0.25, -0.2) is 0 Å². The lowest BCUT2D eigenvalue weighted by molar-refractivity contribution is -0.932. The number of ether oxygens (including phenoxy) is 1. The first-order valence-corrected chi connectivity index (χ1v) is 11.1. The fraction of sp³-hybridized carbons (Fsp3) is 0.750. The molecule has 2 aliphatic carbocycles. The van der Waals surface area contributed by atoms with Gasteiger partial charge in [0.05, 0.1) is 25.8 Å². The van der Waals surface area contributed by atoms with Crippen LogP contribution in [0.3, 0.4) is 0 Å². The number of nitrogens with zero attached hydrogens (tertiary/aromatic N) is 1. The standard InChI is InChI=1S/C24H38NO2/c1-18-21-11-12-22(24(21,2)3)23(18)27-17-20(26)16-25(13-7-8-14-25)15-19-9-5-4-6-10-19/h4-6,9-10,18,20-23,26H,7-8,11-17H2,1-3H3/q+1/t18-,20+,21+,22+,23-/m0/s1. The van der Waals surface area contributed by atoms with Gasteiger partial charge in [-0.2, -0.15) is 0 Å². The minimum Gasteiger partial charge on any atom is -0.385 e. The van der Waals surface area contributed by atoms with Crippen LogP contribution in [0.25, 0.3) is 0 Å². The van der Waals surface area contributed by atoms with Crippen molar-refractivity contribution in [3.8, 4) is 0 Å². The number of hydrogen-bond acceptors (Lipinski definition) is 2. The highest BCUT2D eigenvalue weighted by Crippen LogP contribution is 2.60. The number of benzene rings is 1. The quantitative estimate of drug-likeness (QED) is 0.725. The van der Waals surface area contributed by atoms with Crippen molar-refractivity contribution in [1.29, 1.82) is 0 Å². The molecule has 3 aliphatic rings. The molecule has 2 bridgehead atoms. The molecule has 1 aromatic rings. The van der Waals surface area contributed by atoms with Gasteiger partial charge in [-0.05, 0) is 36.0 Å². The molecule has 1 N–H and O–H groups in total. The molecular weight excluding hydrogens is 334 g/mol. The molecule has 4 rings (SSSR count). The monoisotopic (exact) mass is 372 g/mol. The Balaban J connectivity index is 1.35.